The summed E-state index contributed by atoms with van der Waals surface area (Å²) in [5.74, 6) is 0. The Kier molecular flexibility index (Phi) is 4.48. The molecule has 1 aliphatic rings. The maximum absolute atomic E-state index is 5.85. The van der Waals surface area contributed by atoms with E-state index in [4.69, 9.17) is 10.5 Å². The summed E-state index contributed by atoms with van der Waals surface area (Å²) in [5, 5.41) is 0. The van der Waals surface area contributed by atoms with Crippen molar-refractivity contribution in [2.75, 3.05) is 20.2 Å². The topological polar surface area (TPSA) is 51.4 Å². The molecule has 4 nitrogen and oxygen atoms in total. The monoisotopic (exact) mass is 235 g/mol. The van der Waals surface area contributed by atoms with Crippen molar-refractivity contribution in [2.45, 2.75) is 31.5 Å². The Morgan fingerprint density at radius 3 is 2.88 bits per heavy atom. The van der Waals surface area contributed by atoms with Crippen molar-refractivity contribution in [3.8, 4) is 0 Å². The van der Waals surface area contributed by atoms with Gasteiger partial charge in [-0.2, -0.15) is 0 Å². The highest BCUT2D eigenvalue weighted by atomic mass is 16.5. The van der Waals surface area contributed by atoms with Gasteiger partial charge in [-0.1, -0.05) is 0 Å². The molecule has 0 saturated carbocycles. The van der Waals surface area contributed by atoms with Gasteiger partial charge in [-0.05, 0) is 30.5 Å². The van der Waals surface area contributed by atoms with Gasteiger partial charge in [-0.25, -0.2) is 0 Å². The number of pyridine rings is 1. The van der Waals surface area contributed by atoms with E-state index >= 15 is 0 Å². The first kappa shape index (κ1) is 12.5. The minimum atomic E-state index is 0.372. The van der Waals surface area contributed by atoms with Gasteiger partial charge in [0.05, 0.1) is 6.10 Å². The molecular weight excluding hydrogens is 214 g/mol. The van der Waals surface area contributed by atoms with Crippen molar-refractivity contribution in [3.63, 3.8) is 0 Å². The molecule has 1 aliphatic heterocycles. The lowest BCUT2D eigenvalue weighted by Gasteiger charge is -2.38. The first-order chi connectivity index (χ1) is 8.33. The Bertz CT molecular complexity index is 331. The first-order valence-electron chi connectivity index (χ1n) is 6.19. The summed E-state index contributed by atoms with van der Waals surface area (Å²) in [6.45, 7) is 2.72. The molecule has 17 heavy (non-hydrogen) atoms. The molecule has 1 aromatic heterocycles. The van der Waals surface area contributed by atoms with E-state index < -0.39 is 0 Å². The summed E-state index contributed by atoms with van der Waals surface area (Å²) in [5.41, 5.74) is 7.15. The Labute approximate surface area is 103 Å². The quantitative estimate of drug-likeness (QED) is 0.846. The zero-order valence-corrected chi connectivity index (χ0v) is 10.4. The van der Waals surface area contributed by atoms with Crippen LogP contribution in [0.25, 0.3) is 0 Å². The average Bonchev–Trinajstić information content (AvgIpc) is 2.40. The van der Waals surface area contributed by atoms with Gasteiger partial charge >= 0.3 is 0 Å². The van der Waals surface area contributed by atoms with Gasteiger partial charge in [0.1, 0.15) is 0 Å². The molecule has 2 unspecified atom stereocenters. The van der Waals surface area contributed by atoms with Gasteiger partial charge < -0.3 is 10.5 Å². The smallest absolute Gasteiger partial charge is 0.0599 e. The number of hydrogen-bond acceptors (Lipinski definition) is 4. The molecular formula is C13H21N3O. The molecule has 4 heteroatoms. The largest absolute Gasteiger partial charge is 0.381 e. The third-order valence-electron chi connectivity index (χ3n) is 3.53. The summed E-state index contributed by atoms with van der Waals surface area (Å²) in [7, 11) is 1.79. The second-order valence-electron chi connectivity index (χ2n) is 4.60. The van der Waals surface area contributed by atoms with Crippen LogP contribution in [0.2, 0.25) is 0 Å². The maximum atomic E-state index is 5.85. The van der Waals surface area contributed by atoms with E-state index in [0.29, 0.717) is 18.7 Å². The zero-order chi connectivity index (χ0) is 12.1. The fourth-order valence-corrected chi connectivity index (χ4v) is 2.45. The molecule has 1 saturated heterocycles. The molecule has 0 radical (unpaired) electrons. The van der Waals surface area contributed by atoms with Crippen LogP contribution in [0.3, 0.4) is 0 Å². The number of piperidine rings is 1. The van der Waals surface area contributed by atoms with E-state index in [1.807, 2.05) is 12.4 Å². The Hall–Kier alpha value is -0.970. The van der Waals surface area contributed by atoms with Crippen LogP contribution in [0.5, 0.6) is 0 Å². The second kappa shape index (κ2) is 6.10. The van der Waals surface area contributed by atoms with Gasteiger partial charge in [0, 0.05) is 45.2 Å². The summed E-state index contributed by atoms with van der Waals surface area (Å²) < 4.78 is 5.43. The Morgan fingerprint density at radius 2 is 2.24 bits per heavy atom. The fraction of sp³-hybridized carbons (Fsp3) is 0.615. The summed E-state index contributed by atoms with van der Waals surface area (Å²) in [6.07, 6.45) is 6.19. The lowest BCUT2D eigenvalue weighted by Crippen LogP contribution is -2.47. The minimum absolute atomic E-state index is 0.372. The van der Waals surface area contributed by atoms with Crippen molar-refractivity contribution in [1.82, 2.24) is 9.88 Å². The normalized spacial score (nSPS) is 26.0. The molecule has 0 aromatic carbocycles. The van der Waals surface area contributed by atoms with Crippen LogP contribution in [-0.4, -0.2) is 42.2 Å². The van der Waals surface area contributed by atoms with Crippen molar-refractivity contribution < 1.29 is 4.74 Å². The Morgan fingerprint density at radius 1 is 1.47 bits per heavy atom. The minimum Gasteiger partial charge on any atom is -0.381 e. The molecule has 1 aromatic rings. The third kappa shape index (κ3) is 3.25. The number of nitrogens with zero attached hydrogens (tertiary/aromatic N) is 2. The highest BCUT2D eigenvalue weighted by molar-refractivity contribution is 5.10. The van der Waals surface area contributed by atoms with Crippen molar-refractivity contribution in [3.05, 3.63) is 30.1 Å². The fourth-order valence-electron chi connectivity index (χ4n) is 2.45. The molecule has 0 bridgehead atoms. The molecule has 0 spiro atoms. The standard InChI is InChI=1S/C13H21N3O/c1-17-13-4-7-16(12(8-13)9-14)10-11-2-5-15-6-3-11/h2-3,5-6,12-13H,4,7-10,14H2,1H3. The molecule has 94 valence electrons. The molecule has 1 fully saturated rings. The van der Waals surface area contributed by atoms with Gasteiger partial charge in [0.2, 0.25) is 0 Å². The molecule has 2 atom stereocenters. The number of nitrogens with two attached hydrogens (primary N) is 1. The molecule has 2 N–H and O–H groups in total. The predicted molar refractivity (Wildman–Crippen MR) is 67.5 cm³/mol. The van der Waals surface area contributed by atoms with Crippen LogP contribution >= 0.6 is 0 Å². The highest BCUT2D eigenvalue weighted by Gasteiger charge is 2.27. The summed E-state index contributed by atoms with van der Waals surface area (Å²) >= 11 is 0. The zero-order valence-electron chi connectivity index (χ0n) is 10.4. The van der Waals surface area contributed by atoms with Crippen LogP contribution in [0.4, 0.5) is 0 Å². The van der Waals surface area contributed by atoms with Gasteiger partial charge in [0.25, 0.3) is 0 Å². The second-order valence-corrected chi connectivity index (χ2v) is 4.60. The van der Waals surface area contributed by atoms with E-state index in [1.165, 1.54) is 5.56 Å². The summed E-state index contributed by atoms with van der Waals surface area (Å²) in [6, 6.07) is 4.56. The lowest BCUT2D eigenvalue weighted by molar-refractivity contribution is 0.0102. The predicted octanol–water partition coefficient (Wildman–Crippen LogP) is 1.02. The molecule has 0 aliphatic carbocycles. The average molecular weight is 235 g/mol. The van der Waals surface area contributed by atoms with Crippen molar-refractivity contribution in [1.29, 1.82) is 0 Å². The van der Waals surface area contributed by atoms with Gasteiger partial charge in [0.15, 0.2) is 0 Å². The number of hydrogen-bond donors (Lipinski definition) is 1. The van der Waals surface area contributed by atoms with E-state index in [9.17, 15) is 0 Å². The number of aromatic nitrogens is 1. The molecule has 2 heterocycles. The van der Waals surface area contributed by atoms with Crippen LogP contribution < -0.4 is 5.73 Å². The number of methoxy groups -OCH3 is 1. The maximum Gasteiger partial charge on any atom is 0.0599 e. The van der Waals surface area contributed by atoms with E-state index in [-0.39, 0.29) is 0 Å². The number of ether oxygens (including phenoxy) is 1. The van der Waals surface area contributed by atoms with E-state index in [0.717, 1.165) is 25.9 Å². The van der Waals surface area contributed by atoms with E-state index in [1.54, 1.807) is 7.11 Å². The van der Waals surface area contributed by atoms with Crippen LogP contribution in [0.15, 0.2) is 24.5 Å². The first-order valence-corrected chi connectivity index (χ1v) is 6.19. The number of rotatable bonds is 4. The van der Waals surface area contributed by atoms with Gasteiger partial charge in [-0.3, -0.25) is 9.88 Å². The SMILES string of the molecule is COC1CCN(Cc2ccncc2)C(CN)C1. The van der Waals surface area contributed by atoms with Crippen molar-refractivity contribution in [2.24, 2.45) is 5.73 Å². The third-order valence-corrected chi connectivity index (χ3v) is 3.53. The van der Waals surface area contributed by atoms with Crippen molar-refractivity contribution >= 4 is 0 Å². The van der Waals surface area contributed by atoms with Crippen LogP contribution in [0.1, 0.15) is 18.4 Å². The van der Waals surface area contributed by atoms with E-state index in [2.05, 4.69) is 22.0 Å². The molecule has 0 amide bonds. The molecule has 2 rings (SSSR count). The van der Waals surface area contributed by atoms with Crippen LogP contribution in [-0.2, 0) is 11.3 Å². The lowest BCUT2D eigenvalue weighted by atomic mass is 9.98. The number of likely N-dealkylation sites (tertiary alicyclic amines) is 1. The summed E-state index contributed by atoms with van der Waals surface area (Å²) in [4.78, 5) is 6.49. The van der Waals surface area contributed by atoms with Gasteiger partial charge in [-0.15, -0.1) is 0 Å². The Balaban J connectivity index is 1.96. The highest BCUT2D eigenvalue weighted by Crippen LogP contribution is 2.20. The van der Waals surface area contributed by atoms with Crippen LogP contribution in [0, 0.1) is 0 Å².